The van der Waals surface area contributed by atoms with Crippen molar-refractivity contribution < 1.29 is 14.3 Å². The standard InChI is InChI=1S/C19H27N3O3/c1-2-14-7-3-4-11-22(14)19(24)17-10-5-9-16(21-17)18(23)20-13-15-8-6-12-25-15/h5,9-10,14-15H,2-4,6-8,11-13H2,1H3,(H,20,23). The molecule has 2 atom stereocenters. The Bertz CT molecular complexity index is 614. The molecule has 6 heteroatoms. The van der Waals surface area contributed by atoms with Gasteiger partial charge in [-0.25, -0.2) is 4.98 Å². The maximum atomic E-state index is 12.8. The van der Waals surface area contributed by atoms with E-state index in [1.807, 2.05) is 4.90 Å². The highest BCUT2D eigenvalue weighted by atomic mass is 16.5. The fraction of sp³-hybridized carbons (Fsp3) is 0.632. The third-order valence-corrected chi connectivity index (χ3v) is 5.07. The van der Waals surface area contributed by atoms with E-state index in [0.717, 1.165) is 45.3 Å². The number of piperidine rings is 1. The van der Waals surface area contributed by atoms with Gasteiger partial charge in [-0.3, -0.25) is 9.59 Å². The number of hydrogen-bond donors (Lipinski definition) is 1. The topological polar surface area (TPSA) is 71.5 Å². The molecule has 1 N–H and O–H groups in total. The molecule has 2 amide bonds. The molecule has 3 rings (SSSR count). The van der Waals surface area contributed by atoms with Gasteiger partial charge in [0.05, 0.1) is 6.10 Å². The first-order valence-corrected chi connectivity index (χ1v) is 9.37. The third-order valence-electron chi connectivity index (χ3n) is 5.07. The molecule has 2 saturated heterocycles. The molecular weight excluding hydrogens is 318 g/mol. The van der Waals surface area contributed by atoms with Crippen LogP contribution < -0.4 is 5.32 Å². The third kappa shape index (κ3) is 4.37. The summed E-state index contributed by atoms with van der Waals surface area (Å²) in [5, 5.41) is 2.86. The van der Waals surface area contributed by atoms with Crippen molar-refractivity contribution in [3.63, 3.8) is 0 Å². The number of aromatic nitrogens is 1. The van der Waals surface area contributed by atoms with Crippen molar-refractivity contribution >= 4 is 11.8 Å². The summed E-state index contributed by atoms with van der Waals surface area (Å²) in [5.41, 5.74) is 0.638. The number of likely N-dealkylation sites (tertiary alicyclic amines) is 1. The first kappa shape index (κ1) is 17.9. The number of ether oxygens (including phenoxy) is 1. The quantitative estimate of drug-likeness (QED) is 0.889. The van der Waals surface area contributed by atoms with Gasteiger partial charge in [0.25, 0.3) is 11.8 Å². The first-order valence-electron chi connectivity index (χ1n) is 9.37. The molecule has 2 aliphatic rings. The van der Waals surface area contributed by atoms with E-state index in [2.05, 4.69) is 17.2 Å². The van der Waals surface area contributed by atoms with Crippen LogP contribution in [0.2, 0.25) is 0 Å². The van der Waals surface area contributed by atoms with Gasteiger partial charge in [-0.2, -0.15) is 0 Å². The second-order valence-corrected chi connectivity index (χ2v) is 6.81. The molecule has 0 aliphatic carbocycles. The van der Waals surface area contributed by atoms with Gasteiger partial charge in [-0.1, -0.05) is 13.0 Å². The fourth-order valence-corrected chi connectivity index (χ4v) is 3.62. The fourth-order valence-electron chi connectivity index (χ4n) is 3.62. The van der Waals surface area contributed by atoms with Gasteiger partial charge in [0.15, 0.2) is 0 Å². The first-order chi connectivity index (χ1) is 12.2. The van der Waals surface area contributed by atoms with Crippen LogP contribution in [-0.4, -0.2) is 53.5 Å². The number of hydrogen-bond acceptors (Lipinski definition) is 4. The van der Waals surface area contributed by atoms with Gasteiger partial charge >= 0.3 is 0 Å². The highest BCUT2D eigenvalue weighted by Gasteiger charge is 2.27. The molecule has 2 aliphatic heterocycles. The summed E-state index contributed by atoms with van der Waals surface area (Å²) < 4.78 is 5.51. The zero-order chi connectivity index (χ0) is 17.6. The summed E-state index contributed by atoms with van der Waals surface area (Å²) in [6.45, 7) is 4.13. The van der Waals surface area contributed by atoms with Crippen LogP contribution in [0.15, 0.2) is 18.2 Å². The van der Waals surface area contributed by atoms with Gasteiger partial charge in [0.1, 0.15) is 11.4 Å². The second-order valence-electron chi connectivity index (χ2n) is 6.81. The summed E-state index contributed by atoms with van der Waals surface area (Å²) in [6, 6.07) is 5.35. The molecular formula is C19H27N3O3. The lowest BCUT2D eigenvalue weighted by molar-refractivity contribution is 0.0601. The lowest BCUT2D eigenvalue weighted by Crippen LogP contribution is -2.43. The Balaban J connectivity index is 1.65. The maximum absolute atomic E-state index is 12.8. The highest BCUT2D eigenvalue weighted by Crippen LogP contribution is 2.21. The average Bonchev–Trinajstić information content (AvgIpc) is 3.19. The van der Waals surface area contributed by atoms with Crippen LogP contribution in [0.1, 0.15) is 66.4 Å². The molecule has 6 nitrogen and oxygen atoms in total. The van der Waals surface area contributed by atoms with Gasteiger partial charge in [0, 0.05) is 25.7 Å². The van der Waals surface area contributed by atoms with Gasteiger partial charge in [0.2, 0.25) is 0 Å². The van der Waals surface area contributed by atoms with Crippen molar-refractivity contribution in [3.05, 3.63) is 29.6 Å². The molecule has 3 heterocycles. The molecule has 0 aromatic carbocycles. The molecule has 2 fully saturated rings. The number of rotatable bonds is 5. The molecule has 136 valence electrons. The highest BCUT2D eigenvalue weighted by molar-refractivity contribution is 5.96. The molecule has 0 saturated carbocycles. The second kappa shape index (κ2) is 8.43. The van der Waals surface area contributed by atoms with Crippen molar-refractivity contribution in [2.45, 2.75) is 57.6 Å². The molecule has 0 radical (unpaired) electrons. The van der Waals surface area contributed by atoms with E-state index >= 15 is 0 Å². The summed E-state index contributed by atoms with van der Waals surface area (Å²) in [4.78, 5) is 31.4. The van der Waals surface area contributed by atoms with E-state index in [1.54, 1.807) is 18.2 Å². The van der Waals surface area contributed by atoms with E-state index < -0.39 is 0 Å². The van der Waals surface area contributed by atoms with E-state index in [9.17, 15) is 9.59 Å². The number of carbonyl (C=O) groups excluding carboxylic acids is 2. The smallest absolute Gasteiger partial charge is 0.272 e. The van der Waals surface area contributed by atoms with Crippen LogP contribution in [0.3, 0.4) is 0 Å². The Morgan fingerprint density at radius 3 is 2.84 bits per heavy atom. The summed E-state index contributed by atoms with van der Waals surface area (Å²) >= 11 is 0. The molecule has 2 unspecified atom stereocenters. The Labute approximate surface area is 148 Å². The van der Waals surface area contributed by atoms with Crippen LogP contribution in [0.4, 0.5) is 0 Å². The minimum atomic E-state index is -0.254. The number of nitrogens with one attached hydrogen (secondary N) is 1. The van der Waals surface area contributed by atoms with E-state index in [1.165, 1.54) is 6.42 Å². The zero-order valence-electron chi connectivity index (χ0n) is 14.9. The van der Waals surface area contributed by atoms with Crippen molar-refractivity contribution in [3.8, 4) is 0 Å². The SMILES string of the molecule is CCC1CCCCN1C(=O)c1cccc(C(=O)NCC2CCCO2)n1. The normalized spacial score (nSPS) is 23.5. The Kier molecular flexibility index (Phi) is 6.02. The number of nitrogens with zero attached hydrogens (tertiary/aromatic N) is 2. The lowest BCUT2D eigenvalue weighted by atomic mass is 9.99. The van der Waals surface area contributed by atoms with E-state index in [-0.39, 0.29) is 29.7 Å². The number of pyridine rings is 1. The van der Waals surface area contributed by atoms with Crippen molar-refractivity contribution in [2.24, 2.45) is 0 Å². The zero-order valence-corrected chi connectivity index (χ0v) is 14.9. The lowest BCUT2D eigenvalue weighted by Gasteiger charge is -2.35. The number of carbonyl (C=O) groups is 2. The van der Waals surface area contributed by atoms with Crippen molar-refractivity contribution in [2.75, 3.05) is 19.7 Å². The van der Waals surface area contributed by atoms with Gasteiger partial charge in [-0.05, 0) is 50.7 Å². The minimum absolute atomic E-state index is 0.0691. The summed E-state index contributed by atoms with van der Waals surface area (Å²) in [5.74, 6) is -0.323. The van der Waals surface area contributed by atoms with Crippen LogP contribution in [0.5, 0.6) is 0 Å². The van der Waals surface area contributed by atoms with Crippen LogP contribution >= 0.6 is 0 Å². The van der Waals surface area contributed by atoms with Crippen LogP contribution in [0, 0.1) is 0 Å². The largest absolute Gasteiger partial charge is 0.376 e. The monoisotopic (exact) mass is 345 g/mol. The average molecular weight is 345 g/mol. The molecule has 1 aromatic heterocycles. The molecule has 0 spiro atoms. The Hall–Kier alpha value is -1.95. The van der Waals surface area contributed by atoms with Gasteiger partial charge in [-0.15, -0.1) is 0 Å². The molecule has 0 bridgehead atoms. The van der Waals surface area contributed by atoms with Crippen LogP contribution in [0.25, 0.3) is 0 Å². The van der Waals surface area contributed by atoms with E-state index in [0.29, 0.717) is 12.2 Å². The maximum Gasteiger partial charge on any atom is 0.272 e. The minimum Gasteiger partial charge on any atom is -0.376 e. The van der Waals surface area contributed by atoms with Crippen LogP contribution in [-0.2, 0) is 4.74 Å². The predicted molar refractivity (Wildman–Crippen MR) is 94.5 cm³/mol. The molecule has 1 aromatic rings. The van der Waals surface area contributed by atoms with Gasteiger partial charge < -0.3 is 15.0 Å². The molecule has 25 heavy (non-hydrogen) atoms. The Morgan fingerprint density at radius 2 is 2.08 bits per heavy atom. The number of amides is 2. The van der Waals surface area contributed by atoms with Crippen molar-refractivity contribution in [1.29, 1.82) is 0 Å². The predicted octanol–water partition coefficient (Wildman–Crippen LogP) is 2.40. The summed E-state index contributed by atoms with van der Waals surface area (Å²) in [6.07, 6.45) is 6.30. The van der Waals surface area contributed by atoms with Crippen molar-refractivity contribution in [1.82, 2.24) is 15.2 Å². The summed E-state index contributed by atoms with van der Waals surface area (Å²) in [7, 11) is 0. The Morgan fingerprint density at radius 1 is 1.24 bits per heavy atom. The van der Waals surface area contributed by atoms with E-state index in [4.69, 9.17) is 4.74 Å².